The molecule has 7 heteroatoms. The van der Waals surface area contributed by atoms with E-state index in [1.807, 2.05) is 11.4 Å². The van der Waals surface area contributed by atoms with Gasteiger partial charge in [-0.1, -0.05) is 22.9 Å². The first-order valence-corrected chi connectivity index (χ1v) is 6.66. The Morgan fingerprint density at radius 2 is 2.38 bits per heavy atom. The van der Waals surface area contributed by atoms with E-state index in [0.29, 0.717) is 18.0 Å². The lowest BCUT2D eigenvalue weighted by atomic mass is 10.2. The molecule has 0 aromatic carbocycles. The molecule has 0 aliphatic heterocycles. The minimum absolute atomic E-state index is 0.0544. The Morgan fingerprint density at radius 1 is 1.50 bits per heavy atom. The second kappa shape index (κ2) is 5.38. The molecule has 0 saturated carbocycles. The van der Waals surface area contributed by atoms with E-state index in [4.69, 9.17) is 11.6 Å². The predicted molar refractivity (Wildman–Crippen MR) is 66.2 cm³/mol. The van der Waals surface area contributed by atoms with Crippen LogP contribution in [0.4, 0.5) is 5.13 Å². The minimum Gasteiger partial charge on any atom is -0.301 e. The summed E-state index contributed by atoms with van der Waals surface area (Å²) < 4.78 is 0. The summed E-state index contributed by atoms with van der Waals surface area (Å²) in [6.45, 7) is 0. The zero-order valence-corrected chi connectivity index (χ0v) is 10.5. The zero-order valence-electron chi connectivity index (χ0n) is 8.14. The van der Waals surface area contributed by atoms with Gasteiger partial charge in [0.15, 0.2) is 0 Å². The molecule has 1 N–H and O–H groups in total. The molecule has 0 fully saturated rings. The van der Waals surface area contributed by atoms with Crippen LogP contribution >= 0.6 is 34.3 Å². The monoisotopic (exact) mass is 273 g/mol. The highest BCUT2D eigenvalue weighted by Gasteiger charge is 2.06. The Kier molecular flexibility index (Phi) is 3.87. The van der Waals surface area contributed by atoms with Crippen molar-refractivity contribution in [1.29, 1.82) is 0 Å². The minimum atomic E-state index is -0.0544. The average Bonchev–Trinajstić information content (AvgIpc) is 2.87. The zero-order chi connectivity index (χ0) is 11.4. The number of thiophene rings is 1. The van der Waals surface area contributed by atoms with Gasteiger partial charge < -0.3 is 5.32 Å². The Morgan fingerprint density at radius 3 is 3.00 bits per heavy atom. The van der Waals surface area contributed by atoms with Crippen LogP contribution in [0.1, 0.15) is 11.3 Å². The van der Waals surface area contributed by atoms with E-state index < -0.39 is 0 Å². The van der Waals surface area contributed by atoms with Gasteiger partial charge in [-0.15, -0.1) is 21.5 Å². The number of nitrogens with one attached hydrogen (secondary N) is 1. The lowest BCUT2D eigenvalue weighted by molar-refractivity contribution is -0.116. The van der Waals surface area contributed by atoms with Gasteiger partial charge in [-0.25, -0.2) is 0 Å². The normalized spacial score (nSPS) is 10.3. The van der Waals surface area contributed by atoms with E-state index in [-0.39, 0.29) is 5.91 Å². The first-order chi connectivity index (χ1) is 7.74. The molecule has 0 saturated heterocycles. The van der Waals surface area contributed by atoms with Crippen molar-refractivity contribution in [2.45, 2.75) is 12.8 Å². The summed E-state index contributed by atoms with van der Waals surface area (Å²) in [7, 11) is 0. The van der Waals surface area contributed by atoms with Gasteiger partial charge in [0.1, 0.15) is 5.51 Å². The van der Waals surface area contributed by atoms with Crippen LogP contribution in [0, 0.1) is 0 Å². The van der Waals surface area contributed by atoms with Crippen LogP contribution in [0.25, 0.3) is 0 Å². The Labute approximate surface area is 105 Å². The van der Waals surface area contributed by atoms with Gasteiger partial charge in [-0.2, -0.15) is 0 Å². The standard InChI is InChI=1S/C9H8ClN3OS2/c10-6-3-7(15-4-6)1-2-8(14)12-9-13-11-5-16-9/h3-5H,1-2H2,(H,12,13,14). The maximum Gasteiger partial charge on any atom is 0.226 e. The molecule has 2 rings (SSSR count). The van der Waals surface area contributed by atoms with Crippen LogP contribution in [-0.4, -0.2) is 16.1 Å². The van der Waals surface area contributed by atoms with Crippen molar-refractivity contribution in [3.05, 3.63) is 26.9 Å². The largest absolute Gasteiger partial charge is 0.301 e. The van der Waals surface area contributed by atoms with E-state index >= 15 is 0 Å². The third kappa shape index (κ3) is 3.26. The molecule has 4 nitrogen and oxygen atoms in total. The maximum atomic E-state index is 11.5. The van der Waals surface area contributed by atoms with Crippen molar-refractivity contribution in [2.24, 2.45) is 0 Å². The molecule has 0 bridgehead atoms. The summed E-state index contributed by atoms with van der Waals surface area (Å²) in [5.74, 6) is -0.0544. The molecular formula is C9H8ClN3OS2. The van der Waals surface area contributed by atoms with Crippen molar-refractivity contribution < 1.29 is 4.79 Å². The van der Waals surface area contributed by atoms with Gasteiger partial charge in [0.25, 0.3) is 0 Å². The SMILES string of the molecule is O=C(CCc1cc(Cl)cs1)Nc1nncs1. The molecule has 1 amide bonds. The molecule has 16 heavy (non-hydrogen) atoms. The summed E-state index contributed by atoms with van der Waals surface area (Å²) in [6.07, 6.45) is 1.12. The van der Waals surface area contributed by atoms with Crippen LogP contribution < -0.4 is 5.32 Å². The van der Waals surface area contributed by atoms with E-state index in [2.05, 4.69) is 15.5 Å². The Hall–Kier alpha value is -0.980. The van der Waals surface area contributed by atoms with Crippen LogP contribution in [0.2, 0.25) is 5.02 Å². The highest BCUT2D eigenvalue weighted by atomic mass is 35.5. The number of amides is 1. The number of carbonyl (C=O) groups excluding carboxylic acids is 1. The maximum absolute atomic E-state index is 11.5. The Bertz CT molecular complexity index is 469. The van der Waals surface area contributed by atoms with Gasteiger partial charge in [0.2, 0.25) is 11.0 Å². The highest BCUT2D eigenvalue weighted by molar-refractivity contribution is 7.13. The van der Waals surface area contributed by atoms with Gasteiger partial charge >= 0.3 is 0 Å². The number of hydrogen-bond donors (Lipinski definition) is 1. The van der Waals surface area contributed by atoms with Crippen LogP contribution in [0.5, 0.6) is 0 Å². The number of hydrogen-bond acceptors (Lipinski definition) is 5. The molecule has 0 spiro atoms. The fourth-order valence-corrected chi connectivity index (χ4v) is 2.67. The number of aryl methyl sites for hydroxylation is 1. The summed E-state index contributed by atoms with van der Waals surface area (Å²) in [5.41, 5.74) is 1.58. The molecule has 0 unspecified atom stereocenters. The van der Waals surface area contributed by atoms with Crippen molar-refractivity contribution in [3.63, 3.8) is 0 Å². The first kappa shape index (κ1) is 11.5. The first-order valence-electron chi connectivity index (χ1n) is 4.53. The number of aromatic nitrogens is 2. The van der Waals surface area contributed by atoms with Gasteiger partial charge in [0, 0.05) is 16.7 Å². The third-order valence-electron chi connectivity index (χ3n) is 1.83. The number of nitrogens with zero attached hydrogens (tertiary/aromatic N) is 2. The van der Waals surface area contributed by atoms with Crippen molar-refractivity contribution >= 4 is 45.3 Å². The van der Waals surface area contributed by atoms with E-state index in [1.54, 1.807) is 16.8 Å². The molecule has 0 atom stereocenters. The van der Waals surface area contributed by atoms with Crippen LogP contribution in [0.3, 0.4) is 0 Å². The molecule has 84 valence electrons. The van der Waals surface area contributed by atoms with E-state index in [9.17, 15) is 4.79 Å². The second-order valence-corrected chi connectivity index (χ2v) is 5.29. The number of halogens is 1. The average molecular weight is 274 g/mol. The summed E-state index contributed by atoms with van der Waals surface area (Å²) in [6, 6.07) is 1.88. The molecule has 0 aliphatic carbocycles. The van der Waals surface area contributed by atoms with Crippen LogP contribution in [-0.2, 0) is 11.2 Å². The van der Waals surface area contributed by atoms with E-state index in [0.717, 1.165) is 9.90 Å². The lowest BCUT2D eigenvalue weighted by Crippen LogP contribution is -2.11. The highest BCUT2D eigenvalue weighted by Crippen LogP contribution is 2.20. The molecule has 0 aliphatic rings. The van der Waals surface area contributed by atoms with Crippen molar-refractivity contribution in [1.82, 2.24) is 10.2 Å². The molecule has 2 aromatic rings. The molecule has 2 aromatic heterocycles. The molecular weight excluding hydrogens is 266 g/mol. The number of carbonyl (C=O) groups is 1. The smallest absolute Gasteiger partial charge is 0.226 e. The molecule has 0 radical (unpaired) electrons. The quantitative estimate of drug-likeness (QED) is 0.932. The van der Waals surface area contributed by atoms with Crippen LogP contribution in [0.15, 0.2) is 17.0 Å². The van der Waals surface area contributed by atoms with Gasteiger partial charge in [-0.05, 0) is 12.5 Å². The predicted octanol–water partition coefficient (Wildman–Crippen LogP) is 2.82. The third-order valence-corrected chi connectivity index (χ3v) is 3.78. The van der Waals surface area contributed by atoms with Crippen molar-refractivity contribution in [2.75, 3.05) is 5.32 Å². The fourth-order valence-electron chi connectivity index (χ4n) is 1.13. The van der Waals surface area contributed by atoms with E-state index in [1.165, 1.54) is 11.3 Å². The van der Waals surface area contributed by atoms with Gasteiger partial charge in [0.05, 0.1) is 5.02 Å². The topological polar surface area (TPSA) is 54.9 Å². The summed E-state index contributed by atoms with van der Waals surface area (Å²) >= 11 is 8.65. The fraction of sp³-hybridized carbons (Fsp3) is 0.222. The lowest BCUT2D eigenvalue weighted by Gasteiger charge is -1.99. The number of anilines is 1. The van der Waals surface area contributed by atoms with Gasteiger partial charge in [-0.3, -0.25) is 4.79 Å². The summed E-state index contributed by atoms with van der Waals surface area (Å²) in [4.78, 5) is 12.6. The summed E-state index contributed by atoms with van der Waals surface area (Å²) in [5, 5.41) is 13.2. The second-order valence-electron chi connectivity index (χ2n) is 3.02. The molecule has 2 heterocycles. The Balaban J connectivity index is 1.80. The van der Waals surface area contributed by atoms with Crippen molar-refractivity contribution in [3.8, 4) is 0 Å². The number of rotatable bonds is 4.